The third-order valence-corrected chi connectivity index (χ3v) is 3.55. The Balaban J connectivity index is 2.72. The summed E-state index contributed by atoms with van der Waals surface area (Å²) in [6.07, 6.45) is 0.815. The molecule has 0 aliphatic heterocycles. The van der Waals surface area contributed by atoms with Crippen LogP contribution in [0.3, 0.4) is 0 Å². The number of ether oxygens (including phenoxy) is 1. The van der Waals surface area contributed by atoms with Gasteiger partial charge in [-0.25, -0.2) is 0 Å². The number of halogens is 1. The minimum atomic E-state index is 0.550. The molecule has 0 saturated heterocycles. The predicted molar refractivity (Wildman–Crippen MR) is 78.3 cm³/mol. The second kappa shape index (κ2) is 5.45. The Morgan fingerprint density at radius 1 is 1.11 bits per heavy atom. The molecule has 0 bridgehead atoms. The molecule has 19 heavy (non-hydrogen) atoms. The standard InChI is InChI=1S/C16H15ClO2/c1-10-4-6-15(16(19-3)11(10)2)14-7-5-13(17)8-12(14)9-18/h4-9H,1-3H3. The van der Waals surface area contributed by atoms with Crippen LogP contribution in [0.15, 0.2) is 30.3 Å². The molecular formula is C16H15ClO2. The van der Waals surface area contributed by atoms with Crippen molar-refractivity contribution in [3.05, 3.63) is 52.0 Å². The third kappa shape index (κ3) is 2.49. The van der Waals surface area contributed by atoms with Gasteiger partial charge in [-0.3, -0.25) is 4.79 Å². The molecule has 0 unspecified atom stereocenters. The van der Waals surface area contributed by atoms with Gasteiger partial charge >= 0.3 is 0 Å². The molecule has 0 saturated carbocycles. The first-order valence-electron chi connectivity index (χ1n) is 5.97. The van der Waals surface area contributed by atoms with Crippen LogP contribution in [0.2, 0.25) is 5.02 Å². The number of benzene rings is 2. The number of hydrogen-bond donors (Lipinski definition) is 0. The molecule has 0 aromatic heterocycles. The smallest absolute Gasteiger partial charge is 0.150 e. The van der Waals surface area contributed by atoms with Crippen molar-refractivity contribution < 1.29 is 9.53 Å². The molecule has 2 nitrogen and oxygen atoms in total. The van der Waals surface area contributed by atoms with Crippen LogP contribution in [0.4, 0.5) is 0 Å². The highest BCUT2D eigenvalue weighted by Crippen LogP contribution is 2.36. The number of rotatable bonds is 3. The van der Waals surface area contributed by atoms with Crippen LogP contribution in [-0.4, -0.2) is 13.4 Å². The maximum Gasteiger partial charge on any atom is 0.150 e. The molecule has 0 N–H and O–H groups in total. The maximum absolute atomic E-state index is 11.2. The SMILES string of the molecule is COc1c(-c2ccc(Cl)cc2C=O)ccc(C)c1C. The summed E-state index contributed by atoms with van der Waals surface area (Å²) < 4.78 is 5.49. The summed E-state index contributed by atoms with van der Waals surface area (Å²) in [5.74, 6) is 0.797. The number of carbonyl (C=O) groups excluding carboxylic acids is 1. The van der Waals surface area contributed by atoms with Gasteiger partial charge in [0.1, 0.15) is 5.75 Å². The van der Waals surface area contributed by atoms with Crippen molar-refractivity contribution in [2.75, 3.05) is 7.11 Å². The summed E-state index contributed by atoms with van der Waals surface area (Å²) in [5.41, 5.74) is 4.53. The highest BCUT2D eigenvalue weighted by molar-refractivity contribution is 6.31. The van der Waals surface area contributed by atoms with Crippen LogP contribution in [-0.2, 0) is 0 Å². The summed E-state index contributed by atoms with van der Waals surface area (Å²) in [7, 11) is 1.64. The van der Waals surface area contributed by atoms with Crippen molar-refractivity contribution in [1.29, 1.82) is 0 Å². The normalized spacial score (nSPS) is 10.3. The minimum Gasteiger partial charge on any atom is -0.496 e. The van der Waals surface area contributed by atoms with E-state index in [0.29, 0.717) is 10.6 Å². The van der Waals surface area contributed by atoms with Crippen molar-refractivity contribution >= 4 is 17.9 Å². The number of carbonyl (C=O) groups is 1. The first kappa shape index (κ1) is 13.6. The largest absolute Gasteiger partial charge is 0.496 e. The zero-order chi connectivity index (χ0) is 14.0. The summed E-state index contributed by atoms with van der Waals surface area (Å²) >= 11 is 5.92. The average molecular weight is 275 g/mol. The Bertz CT molecular complexity index is 633. The molecule has 0 heterocycles. The van der Waals surface area contributed by atoms with Crippen LogP contribution in [0.1, 0.15) is 21.5 Å². The van der Waals surface area contributed by atoms with Gasteiger partial charge < -0.3 is 4.74 Å². The van der Waals surface area contributed by atoms with E-state index in [1.807, 2.05) is 32.0 Å². The lowest BCUT2D eigenvalue weighted by Gasteiger charge is -2.15. The molecule has 0 atom stereocenters. The van der Waals surface area contributed by atoms with Crippen LogP contribution >= 0.6 is 11.6 Å². The highest BCUT2D eigenvalue weighted by atomic mass is 35.5. The van der Waals surface area contributed by atoms with Crippen molar-refractivity contribution in [1.82, 2.24) is 0 Å². The van der Waals surface area contributed by atoms with Crippen LogP contribution < -0.4 is 4.74 Å². The van der Waals surface area contributed by atoms with Crippen molar-refractivity contribution in [2.24, 2.45) is 0 Å². The fourth-order valence-electron chi connectivity index (χ4n) is 2.14. The molecule has 0 aliphatic carbocycles. The monoisotopic (exact) mass is 274 g/mol. The van der Waals surface area contributed by atoms with Gasteiger partial charge in [0.25, 0.3) is 0 Å². The van der Waals surface area contributed by atoms with Gasteiger partial charge in [0, 0.05) is 16.1 Å². The van der Waals surface area contributed by atoms with E-state index in [2.05, 4.69) is 0 Å². The highest BCUT2D eigenvalue weighted by Gasteiger charge is 2.13. The first-order chi connectivity index (χ1) is 9.08. The summed E-state index contributed by atoms with van der Waals surface area (Å²) in [6, 6.07) is 9.28. The molecule has 2 aromatic rings. The summed E-state index contributed by atoms with van der Waals surface area (Å²) in [4.78, 5) is 11.2. The van der Waals surface area contributed by atoms with E-state index in [9.17, 15) is 4.79 Å². The number of aldehydes is 1. The molecule has 0 spiro atoms. The van der Waals surface area contributed by atoms with E-state index in [1.54, 1.807) is 19.2 Å². The fraction of sp³-hybridized carbons (Fsp3) is 0.188. The van der Waals surface area contributed by atoms with E-state index in [0.717, 1.165) is 34.3 Å². The quantitative estimate of drug-likeness (QED) is 0.773. The Kier molecular flexibility index (Phi) is 3.91. The molecule has 98 valence electrons. The Hall–Kier alpha value is -1.80. The Morgan fingerprint density at radius 2 is 1.79 bits per heavy atom. The lowest BCUT2D eigenvalue weighted by Crippen LogP contribution is -1.96. The Labute approximate surface area is 118 Å². The molecule has 0 amide bonds. The molecule has 3 heteroatoms. The van der Waals surface area contributed by atoms with Gasteiger partial charge in [0.2, 0.25) is 0 Å². The van der Waals surface area contributed by atoms with Crippen molar-refractivity contribution in [3.63, 3.8) is 0 Å². The number of methoxy groups -OCH3 is 1. The lowest BCUT2D eigenvalue weighted by molar-refractivity contribution is 0.112. The van der Waals surface area contributed by atoms with Gasteiger partial charge in [0.15, 0.2) is 6.29 Å². The van der Waals surface area contributed by atoms with Crippen LogP contribution in [0.25, 0.3) is 11.1 Å². The molecule has 2 rings (SSSR count). The second-order valence-corrected chi connectivity index (χ2v) is 4.87. The number of hydrogen-bond acceptors (Lipinski definition) is 2. The van der Waals surface area contributed by atoms with E-state index < -0.39 is 0 Å². The van der Waals surface area contributed by atoms with E-state index >= 15 is 0 Å². The van der Waals surface area contributed by atoms with E-state index in [-0.39, 0.29) is 0 Å². The Morgan fingerprint density at radius 3 is 2.42 bits per heavy atom. The average Bonchev–Trinajstić information content (AvgIpc) is 2.41. The van der Waals surface area contributed by atoms with E-state index in [4.69, 9.17) is 16.3 Å². The second-order valence-electron chi connectivity index (χ2n) is 4.44. The topological polar surface area (TPSA) is 26.3 Å². The first-order valence-corrected chi connectivity index (χ1v) is 6.35. The lowest BCUT2D eigenvalue weighted by atomic mass is 9.95. The maximum atomic E-state index is 11.2. The van der Waals surface area contributed by atoms with Gasteiger partial charge in [-0.15, -0.1) is 0 Å². The van der Waals surface area contributed by atoms with Gasteiger partial charge in [0.05, 0.1) is 7.11 Å². The minimum absolute atomic E-state index is 0.550. The molecule has 0 aliphatic rings. The number of aryl methyl sites for hydroxylation is 1. The zero-order valence-electron chi connectivity index (χ0n) is 11.2. The predicted octanol–water partition coefficient (Wildman–Crippen LogP) is 4.44. The molecular weight excluding hydrogens is 260 g/mol. The van der Waals surface area contributed by atoms with Gasteiger partial charge in [-0.05, 0) is 42.7 Å². The summed E-state index contributed by atoms with van der Waals surface area (Å²) in [6.45, 7) is 4.04. The van der Waals surface area contributed by atoms with E-state index in [1.165, 1.54) is 0 Å². The van der Waals surface area contributed by atoms with Gasteiger partial charge in [-0.2, -0.15) is 0 Å². The zero-order valence-corrected chi connectivity index (χ0v) is 11.9. The molecule has 0 radical (unpaired) electrons. The van der Waals surface area contributed by atoms with Crippen molar-refractivity contribution in [3.8, 4) is 16.9 Å². The summed E-state index contributed by atoms with van der Waals surface area (Å²) in [5, 5.41) is 0.550. The third-order valence-electron chi connectivity index (χ3n) is 3.31. The molecule has 2 aromatic carbocycles. The van der Waals surface area contributed by atoms with Crippen LogP contribution in [0, 0.1) is 13.8 Å². The van der Waals surface area contributed by atoms with Gasteiger partial charge in [-0.1, -0.05) is 29.8 Å². The van der Waals surface area contributed by atoms with Crippen molar-refractivity contribution in [2.45, 2.75) is 13.8 Å². The fourth-order valence-corrected chi connectivity index (χ4v) is 2.32. The van der Waals surface area contributed by atoms with Crippen LogP contribution in [0.5, 0.6) is 5.75 Å². The molecule has 0 fully saturated rings.